The van der Waals surface area contributed by atoms with Crippen LogP contribution in [0.2, 0.25) is 0 Å². The molecule has 3 unspecified atom stereocenters. The Kier molecular flexibility index (Phi) is 10.8. The molecule has 45 heavy (non-hydrogen) atoms. The van der Waals surface area contributed by atoms with E-state index in [1.807, 2.05) is 109 Å². The molecule has 6 heteroatoms. The number of hydrogen-bond acceptors (Lipinski definition) is 4. The second kappa shape index (κ2) is 15.5. The van der Waals surface area contributed by atoms with E-state index in [2.05, 4.69) is 36.2 Å². The standard InChI is InChI=1S/C39H38N2O4/c1-2-12-36(39(44)45-28-30-15-8-4-9-16-30)37(38(43)40-35(27-42)25-29-13-6-3-7-14-29)41-24-23-34(26-41)33-21-19-32(20-22-33)31-17-10-5-11-18-31/h2-11,13-24,26,35-37,42H,1,12,25,27-28H2,(H,40,43). The van der Waals surface area contributed by atoms with E-state index in [0.29, 0.717) is 6.42 Å². The van der Waals surface area contributed by atoms with Gasteiger partial charge < -0.3 is 19.7 Å². The molecule has 0 spiro atoms. The van der Waals surface area contributed by atoms with Crippen molar-refractivity contribution in [1.29, 1.82) is 0 Å². The zero-order chi connectivity index (χ0) is 31.4. The summed E-state index contributed by atoms with van der Waals surface area (Å²) in [5, 5.41) is 13.2. The Labute approximate surface area is 264 Å². The number of nitrogens with one attached hydrogen (secondary N) is 1. The number of aliphatic hydroxyl groups is 1. The number of amides is 1. The molecule has 228 valence electrons. The second-order valence-electron chi connectivity index (χ2n) is 11.0. The lowest BCUT2D eigenvalue weighted by atomic mass is 9.94. The average Bonchev–Trinajstić information content (AvgIpc) is 3.58. The van der Waals surface area contributed by atoms with Crippen LogP contribution < -0.4 is 5.32 Å². The molecule has 0 bridgehead atoms. The summed E-state index contributed by atoms with van der Waals surface area (Å²) < 4.78 is 7.51. The molecule has 1 heterocycles. The Hall–Kier alpha value is -5.20. The minimum atomic E-state index is -0.937. The summed E-state index contributed by atoms with van der Waals surface area (Å²) in [4.78, 5) is 27.7. The number of esters is 1. The number of carbonyl (C=O) groups excluding carboxylic acids is 2. The number of nitrogens with zero attached hydrogens (tertiary/aromatic N) is 1. The van der Waals surface area contributed by atoms with Crippen molar-refractivity contribution >= 4 is 11.9 Å². The summed E-state index contributed by atoms with van der Waals surface area (Å²) in [6.45, 7) is 3.72. The van der Waals surface area contributed by atoms with Crippen LogP contribution in [0.25, 0.3) is 22.3 Å². The van der Waals surface area contributed by atoms with Gasteiger partial charge in [-0.05, 0) is 52.3 Å². The van der Waals surface area contributed by atoms with Crippen LogP contribution in [0.15, 0.2) is 146 Å². The molecule has 0 aliphatic carbocycles. The number of allylic oxidation sites excluding steroid dienone is 1. The van der Waals surface area contributed by atoms with Gasteiger partial charge in [-0.1, -0.05) is 121 Å². The van der Waals surface area contributed by atoms with E-state index in [1.54, 1.807) is 10.6 Å². The molecule has 1 aromatic heterocycles. The molecule has 3 atom stereocenters. The Morgan fingerprint density at radius 1 is 0.756 bits per heavy atom. The van der Waals surface area contributed by atoms with Crippen molar-refractivity contribution in [2.45, 2.75) is 31.5 Å². The molecule has 0 aliphatic heterocycles. The van der Waals surface area contributed by atoms with E-state index in [9.17, 15) is 14.7 Å². The molecule has 0 saturated heterocycles. The highest BCUT2D eigenvalue weighted by molar-refractivity contribution is 5.87. The van der Waals surface area contributed by atoms with Gasteiger partial charge in [0.2, 0.25) is 5.91 Å². The third-order valence-corrected chi connectivity index (χ3v) is 7.85. The number of ether oxygens (including phenoxy) is 1. The molecule has 0 fully saturated rings. The smallest absolute Gasteiger partial charge is 0.312 e. The lowest BCUT2D eigenvalue weighted by Crippen LogP contribution is -2.46. The third kappa shape index (κ3) is 8.25. The van der Waals surface area contributed by atoms with E-state index in [1.165, 1.54) is 0 Å². The van der Waals surface area contributed by atoms with Crippen LogP contribution in [-0.2, 0) is 27.4 Å². The summed E-state index contributed by atoms with van der Waals surface area (Å²) in [5.41, 5.74) is 5.97. The molecule has 0 aliphatic rings. The monoisotopic (exact) mass is 598 g/mol. The fourth-order valence-corrected chi connectivity index (χ4v) is 5.48. The molecular weight excluding hydrogens is 560 g/mol. The fraction of sp³-hybridized carbons (Fsp3) is 0.179. The van der Waals surface area contributed by atoms with Crippen LogP contribution in [0.4, 0.5) is 0 Å². The highest BCUT2D eigenvalue weighted by atomic mass is 16.5. The van der Waals surface area contributed by atoms with Crippen molar-refractivity contribution in [3.63, 3.8) is 0 Å². The normalized spacial score (nSPS) is 12.9. The first-order valence-corrected chi connectivity index (χ1v) is 15.2. The van der Waals surface area contributed by atoms with Crippen molar-refractivity contribution in [3.05, 3.63) is 158 Å². The SMILES string of the molecule is C=CCC(C(=O)OCc1ccccc1)C(C(=O)NC(CO)Cc1ccccc1)n1ccc(-c2ccc(-c3ccccc3)cc2)c1. The van der Waals surface area contributed by atoms with Crippen molar-refractivity contribution < 1.29 is 19.4 Å². The summed E-state index contributed by atoms with van der Waals surface area (Å²) in [5.74, 6) is -1.72. The Morgan fingerprint density at radius 3 is 1.91 bits per heavy atom. The van der Waals surface area contributed by atoms with Crippen molar-refractivity contribution in [1.82, 2.24) is 9.88 Å². The topological polar surface area (TPSA) is 80.6 Å². The largest absolute Gasteiger partial charge is 0.461 e. The van der Waals surface area contributed by atoms with Gasteiger partial charge in [-0.2, -0.15) is 0 Å². The molecule has 0 saturated carbocycles. The van der Waals surface area contributed by atoms with E-state index >= 15 is 0 Å². The van der Waals surface area contributed by atoms with Crippen LogP contribution in [-0.4, -0.2) is 34.2 Å². The highest BCUT2D eigenvalue weighted by Crippen LogP contribution is 2.30. The van der Waals surface area contributed by atoms with Gasteiger partial charge in [-0.25, -0.2) is 0 Å². The van der Waals surface area contributed by atoms with Crippen molar-refractivity contribution in [2.24, 2.45) is 5.92 Å². The van der Waals surface area contributed by atoms with Crippen LogP contribution >= 0.6 is 0 Å². The van der Waals surface area contributed by atoms with Gasteiger partial charge in [-0.15, -0.1) is 6.58 Å². The lowest BCUT2D eigenvalue weighted by molar-refractivity contribution is -0.154. The van der Waals surface area contributed by atoms with Crippen LogP contribution in [0, 0.1) is 5.92 Å². The number of benzene rings is 4. The van der Waals surface area contributed by atoms with Gasteiger partial charge in [0, 0.05) is 12.4 Å². The van der Waals surface area contributed by atoms with Crippen molar-refractivity contribution in [3.8, 4) is 22.3 Å². The molecule has 5 aromatic rings. The first-order chi connectivity index (χ1) is 22.1. The highest BCUT2D eigenvalue weighted by Gasteiger charge is 2.36. The van der Waals surface area contributed by atoms with Crippen LogP contribution in [0.3, 0.4) is 0 Å². The fourth-order valence-electron chi connectivity index (χ4n) is 5.48. The first kappa shape index (κ1) is 31.2. The molecule has 2 N–H and O–H groups in total. The summed E-state index contributed by atoms with van der Waals surface area (Å²) in [6.07, 6.45) is 6.01. The van der Waals surface area contributed by atoms with Gasteiger partial charge >= 0.3 is 5.97 Å². The molecule has 4 aromatic carbocycles. The average molecular weight is 599 g/mol. The predicted octanol–water partition coefficient (Wildman–Crippen LogP) is 7.02. The summed E-state index contributed by atoms with van der Waals surface area (Å²) in [7, 11) is 0. The number of rotatable bonds is 14. The maximum absolute atomic E-state index is 14.1. The maximum atomic E-state index is 14.1. The second-order valence-corrected chi connectivity index (χ2v) is 11.0. The number of hydrogen-bond donors (Lipinski definition) is 2. The summed E-state index contributed by atoms with van der Waals surface area (Å²) in [6, 6.07) is 38.0. The van der Waals surface area contributed by atoms with Gasteiger partial charge in [0.25, 0.3) is 0 Å². The van der Waals surface area contributed by atoms with Crippen molar-refractivity contribution in [2.75, 3.05) is 6.61 Å². The van der Waals surface area contributed by atoms with E-state index < -0.39 is 24.0 Å². The Morgan fingerprint density at radius 2 is 1.31 bits per heavy atom. The van der Waals surface area contributed by atoms with E-state index in [-0.39, 0.29) is 25.5 Å². The zero-order valence-electron chi connectivity index (χ0n) is 25.2. The number of aromatic nitrogens is 1. The van der Waals surface area contributed by atoms with Crippen LogP contribution in [0.1, 0.15) is 23.6 Å². The van der Waals surface area contributed by atoms with Crippen LogP contribution in [0.5, 0.6) is 0 Å². The quantitative estimate of drug-likeness (QED) is 0.106. The molecule has 0 radical (unpaired) electrons. The number of aliphatic hydroxyl groups excluding tert-OH is 1. The van der Waals surface area contributed by atoms with Gasteiger partial charge in [-0.3, -0.25) is 9.59 Å². The zero-order valence-corrected chi connectivity index (χ0v) is 25.2. The van der Waals surface area contributed by atoms with Gasteiger partial charge in [0.1, 0.15) is 12.6 Å². The maximum Gasteiger partial charge on any atom is 0.312 e. The van der Waals surface area contributed by atoms with Gasteiger partial charge in [0.05, 0.1) is 18.6 Å². The Balaban J connectivity index is 1.42. The molecular formula is C39H38N2O4. The lowest BCUT2D eigenvalue weighted by Gasteiger charge is -2.28. The minimum absolute atomic E-state index is 0.0968. The molecule has 1 amide bonds. The Bertz CT molecular complexity index is 1670. The predicted molar refractivity (Wildman–Crippen MR) is 178 cm³/mol. The summed E-state index contributed by atoms with van der Waals surface area (Å²) >= 11 is 0. The van der Waals surface area contributed by atoms with E-state index in [0.717, 1.165) is 33.4 Å². The van der Waals surface area contributed by atoms with E-state index in [4.69, 9.17) is 4.74 Å². The van der Waals surface area contributed by atoms with Gasteiger partial charge in [0.15, 0.2) is 0 Å². The first-order valence-electron chi connectivity index (χ1n) is 15.2. The molecule has 6 nitrogen and oxygen atoms in total. The minimum Gasteiger partial charge on any atom is -0.461 e. The third-order valence-electron chi connectivity index (χ3n) is 7.85. The number of carbonyl (C=O) groups is 2. The molecule has 5 rings (SSSR count).